The van der Waals surface area contributed by atoms with Crippen LogP contribution in [0.1, 0.15) is 23.0 Å². The van der Waals surface area contributed by atoms with E-state index in [2.05, 4.69) is 4.98 Å². The number of aromatic amines is 1. The molecular formula is C11H9FINO. The first kappa shape index (κ1) is 10.6. The molecule has 1 aromatic carbocycles. The summed E-state index contributed by atoms with van der Waals surface area (Å²) in [5, 5.41) is 0.908. The number of nitrogens with one attached hydrogen (secondary N) is 1. The summed E-state index contributed by atoms with van der Waals surface area (Å²) in [4.78, 5) is 14.3. The molecule has 0 radical (unpaired) electrons. The number of halogens is 2. The highest BCUT2D eigenvalue weighted by Crippen LogP contribution is 2.27. The number of H-pyrrole nitrogens is 1. The molecule has 4 heteroatoms. The zero-order valence-corrected chi connectivity index (χ0v) is 10.5. The molecule has 1 N–H and O–H groups in total. The van der Waals surface area contributed by atoms with Crippen molar-refractivity contribution in [3.8, 4) is 0 Å². The van der Waals surface area contributed by atoms with Crippen LogP contribution in [-0.2, 0) is 0 Å². The lowest BCUT2D eigenvalue weighted by molar-refractivity contribution is 0.101. The molecule has 0 bridgehead atoms. The zero-order chi connectivity index (χ0) is 11.2. The summed E-state index contributed by atoms with van der Waals surface area (Å²) in [7, 11) is 0. The molecule has 2 nitrogen and oxygen atoms in total. The third-order valence-corrected chi connectivity index (χ3v) is 3.53. The maximum atomic E-state index is 13.3. The monoisotopic (exact) mass is 317 g/mol. The van der Waals surface area contributed by atoms with Crippen LogP contribution in [0.4, 0.5) is 4.39 Å². The Hall–Kier alpha value is -0.910. The van der Waals surface area contributed by atoms with Gasteiger partial charge in [0.2, 0.25) is 0 Å². The fourth-order valence-electron chi connectivity index (χ4n) is 1.69. The highest BCUT2D eigenvalue weighted by Gasteiger charge is 2.14. The lowest BCUT2D eigenvalue weighted by Gasteiger charge is -1.96. The number of fused-ring (bicyclic) bond motifs is 1. The Morgan fingerprint density at radius 1 is 1.47 bits per heavy atom. The first-order chi connectivity index (χ1) is 7.02. The van der Waals surface area contributed by atoms with Gasteiger partial charge >= 0.3 is 0 Å². The van der Waals surface area contributed by atoms with Crippen molar-refractivity contribution in [2.45, 2.75) is 13.8 Å². The first-order valence-corrected chi connectivity index (χ1v) is 5.57. The molecule has 2 rings (SSSR count). The first-order valence-electron chi connectivity index (χ1n) is 4.49. The van der Waals surface area contributed by atoms with E-state index in [4.69, 9.17) is 0 Å². The van der Waals surface area contributed by atoms with E-state index < -0.39 is 0 Å². The van der Waals surface area contributed by atoms with Crippen molar-refractivity contribution in [1.29, 1.82) is 0 Å². The Bertz CT molecular complexity index is 559. The Morgan fingerprint density at radius 3 is 2.73 bits per heavy atom. The molecule has 0 spiro atoms. The van der Waals surface area contributed by atoms with Crippen molar-refractivity contribution in [2.75, 3.05) is 0 Å². The normalized spacial score (nSPS) is 10.9. The Kier molecular flexibility index (Phi) is 2.54. The number of hydrogen-bond donors (Lipinski definition) is 1. The van der Waals surface area contributed by atoms with Gasteiger partial charge in [0, 0.05) is 12.3 Å². The summed E-state index contributed by atoms with van der Waals surface area (Å²) in [5.41, 5.74) is 2.15. The fraction of sp³-hybridized carbons (Fsp3) is 0.182. The van der Waals surface area contributed by atoms with Gasteiger partial charge < -0.3 is 4.98 Å². The van der Waals surface area contributed by atoms with Crippen LogP contribution >= 0.6 is 22.6 Å². The van der Waals surface area contributed by atoms with Crippen molar-refractivity contribution in [3.05, 3.63) is 32.8 Å². The summed E-state index contributed by atoms with van der Waals surface area (Å²) >= 11 is 1.94. The van der Waals surface area contributed by atoms with E-state index in [9.17, 15) is 9.18 Å². The highest BCUT2D eigenvalue weighted by molar-refractivity contribution is 14.1. The minimum atomic E-state index is -0.264. The minimum Gasteiger partial charge on any atom is -0.351 e. The third kappa shape index (κ3) is 1.56. The summed E-state index contributed by atoms with van der Waals surface area (Å²) in [6, 6.07) is 3.12. The van der Waals surface area contributed by atoms with Crippen LogP contribution in [-0.4, -0.2) is 10.8 Å². The van der Waals surface area contributed by atoms with Gasteiger partial charge in [-0.1, -0.05) is 0 Å². The number of carbonyl (C=O) groups is 1. The topological polar surface area (TPSA) is 32.9 Å². The molecular weight excluding hydrogens is 308 g/mol. The van der Waals surface area contributed by atoms with E-state index in [-0.39, 0.29) is 11.6 Å². The third-order valence-electron chi connectivity index (χ3n) is 2.48. The van der Waals surface area contributed by atoms with Crippen molar-refractivity contribution in [3.63, 3.8) is 0 Å². The Balaban J connectivity index is 2.88. The second-order valence-electron chi connectivity index (χ2n) is 3.47. The number of aromatic nitrogens is 1. The molecule has 0 atom stereocenters. The molecule has 1 aromatic heterocycles. The lowest BCUT2D eigenvalue weighted by atomic mass is 10.1. The average Bonchev–Trinajstić information content (AvgIpc) is 2.51. The predicted octanol–water partition coefficient (Wildman–Crippen LogP) is 3.42. The van der Waals surface area contributed by atoms with Crippen LogP contribution in [0.25, 0.3) is 10.9 Å². The van der Waals surface area contributed by atoms with Crippen LogP contribution in [0, 0.1) is 16.3 Å². The zero-order valence-electron chi connectivity index (χ0n) is 8.32. The quantitative estimate of drug-likeness (QED) is 0.634. The summed E-state index contributed by atoms with van der Waals surface area (Å²) in [5.74, 6) is -0.292. The second-order valence-corrected chi connectivity index (χ2v) is 4.54. The molecule has 0 unspecified atom stereocenters. The maximum absolute atomic E-state index is 13.3. The van der Waals surface area contributed by atoms with E-state index in [0.717, 1.165) is 10.9 Å². The largest absolute Gasteiger partial charge is 0.351 e. The SMILES string of the molecule is CC(=O)c1[nH]c2c(I)c(F)ccc2c1C. The molecule has 0 aliphatic heterocycles. The van der Waals surface area contributed by atoms with E-state index >= 15 is 0 Å². The highest BCUT2D eigenvalue weighted by atomic mass is 127. The molecule has 0 aliphatic rings. The molecule has 0 saturated carbocycles. The van der Waals surface area contributed by atoms with Gasteiger partial charge in [0.05, 0.1) is 14.8 Å². The molecule has 0 aliphatic carbocycles. The predicted molar refractivity (Wildman–Crippen MR) is 65.7 cm³/mol. The van der Waals surface area contributed by atoms with Gasteiger partial charge in [0.25, 0.3) is 0 Å². The van der Waals surface area contributed by atoms with Gasteiger partial charge in [-0.15, -0.1) is 0 Å². The Morgan fingerprint density at radius 2 is 2.13 bits per heavy atom. The standard InChI is InChI=1S/C11H9FINO/c1-5-7-3-4-8(12)9(13)11(7)14-10(5)6(2)15/h3-4,14H,1-2H3. The van der Waals surface area contributed by atoms with Gasteiger partial charge in [0.15, 0.2) is 5.78 Å². The molecule has 2 aromatic rings. The number of aryl methyl sites for hydroxylation is 1. The van der Waals surface area contributed by atoms with Crippen LogP contribution < -0.4 is 0 Å². The molecule has 78 valence electrons. The van der Waals surface area contributed by atoms with Gasteiger partial charge in [0.1, 0.15) is 5.82 Å². The van der Waals surface area contributed by atoms with E-state index in [0.29, 0.717) is 14.8 Å². The van der Waals surface area contributed by atoms with Crippen molar-refractivity contribution < 1.29 is 9.18 Å². The van der Waals surface area contributed by atoms with Crippen molar-refractivity contribution >= 4 is 39.3 Å². The van der Waals surface area contributed by atoms with Crippen LogP contribution in [0.15, 0.2) is 12.1 Å². The summed E-state index contributed by atoms with van der Waals surface area (Å²) in [6.07, 6.45) is 0. The molecule has 0 amide bonds. The summed E-state index contributed by atoms with van der Waals surface area (Å²) in [6.45, 7) is 3.37. The molecule has 15 heavy (non-hydrogen) atoms. The second kappa shape index (κ2) is 3.59. The molecule has 0 fully saturated rings. The van der Waals surface area contributed by atoms with Crippen LogP contribution in [0.5, 0.6) is 0 Å². The van der Waals surface area contributed by atoms with E-state index in [1.54, 1.807) is 6.07 Å². The van der Waals surface area contributed by atoms with E-state index in [1.807, 2.05) is 29.5 Å². The van der Waals surface area contributed by atoms with Gasteiger partial charge in [-0.2, -0.15) is 0 Å². The number of carbonyl (C=O) groups excluding carboxylic acids is 1. The average molecular weight is 317 g/mol. The smallest absolute Gasteiger partial charge is 0.176 e. The number of ketones is 1. The fourth-order valence-corrected chi connectivity index (χ4v) is 2.30. The lowest BCUT2D eigenvalue weighted by Crippen LogP contribution is -1.93. The maximum Gasteiger partial charge on any atom is 0.176 e. The minimum absolute atomic E-state index is 0.0279. The molecule has 0 saturated heterocycles. The number of hydrogen-bond acceptors (Lipinski definition) is 1. The number of rotatable bonds is 1. The number of benzene rings is 1. The van der Waals surface area contributed by atoms with Crippen molar-refractivity contribution in [1.82, 2.24) is 4.98 Å². The van der Waals surface area contributed by atoms with Crippen LogP contribution in [0.2, 0.25) is 0 Å². The Labute approximate surface area is 100 Å². The van der Waals surface area contributed by atoms with Crippen LogP contribution in [0.3, 0.4) is 0 Å². The van der Waals surface area contributed by atoms with Gasteiger partial charge in [-0.25, -0.2) is 4.39 Å². The van der Waals surface area contributed by atoms with Crippen molar-refractivity contribution in [2.24, 2.45) is 0 Å². The van der Waals surface area contributed by atoms with Gasteiger partial charge in [-0.05, 0) is 47.2 Å². The van der Waals surface area contributed by atoms with E-state index in [1.165, 1.54) is 13.0 Å². The number of Topliss-reactive ketones (excluding diaryl/α,β-unsaturated/α-hetero) is 1. The molecule has 1 heterocycles. The van der Waals surface area contributed by atoms with Gasteiger partial charge in [-0.3, -0.25) is 4.79 Å². The summed E-state index contributed by atoms with van der Waals surface area (Å²) < 4.78 is 13.8.